The van der Waals surface area contributed by atoms with Gasteiger partial charge in [0.25, 0.3) is 11.8 Å². The fraction of sp³-hybridized carbons (Fsp3) is 0.471. The minimum Gasteiger partial charge on any atom is -0.361 e. The van der Waals surface area contributed by atoms with Crippen LogP contribution >= 0.6 is 0 Å². The van der Waals surface area contributed by atoms with Gasteiger partial charge < -0.3 is 13.9 Å². The van der Waals surface area contributed by atoms with E-state index < -0.39 is 0 Å². The third-order valence-corrected chi connectivity index (χ3v) is 4.70. The average molecular weight is 371 g/mol. The van der Waals surface area contributed by atoms with Gasteiger partial charge in [-0.3, -0.25) is 14.8 Å². The summed E-state index contributed by atoms with van der Waals surface area (Å²) in [6.07, 6.45) is 4.07. The molecule has 0 aromatic carbocycles. The molecule has 1 aliphatic heterocycles. The van der Waals surface area contributed by atoms with Gasteiger partial charge in [-0.25, -0.2) is 0 Å². The molecule has 0 bridgehead atoms. The van der Waals surface area contributed by atoms with Crippen molar-refractivity contribution in [2.45, 2.75) is 26.8 Å². The van der Waals surface area contributed by atoms with E-state index in [-0.39, 0.29) is 5.91 Å². The number of H-pyrrole nitrogens is 1. The number of aromatic amines is 1. The molecular weight excluding hydrogens is 350 g/mol. The first-order valence-electron chi connectivity index (χ1n) is 8.88. The van der Waals surface area contributed by atoms with E-state index in [9.17, 15) is 4.79 Å². The average Bonchev–Trinajstić information content (AvgIpc) is 3.36. The van der Waals surface area contributed by atoms with Crippen molar-refractivity contribution in [2.24, 2.45) is 0 Å². The monoisotopic (exact) mass is 371 g/mol. The number of aryl methyl sites for hydroxylation is 2. The molecule has 0 unspecified atom stereocenters. The summed E-state index contributed by atoms with van der Waals surface area (Å²) < 4.78 is 10.5. The summed E-state index contributed by atoms with van der Waals surface area (Å²) in [5.74, 6) is 1.70. The molecule has 1 amide bonds. The summed E-state index contributed by atoms with van der Waals surface area (Å²) >= 11 is 0. The van der Waals surface area contributed by atoms with Gasteiger partial charge in [0.15, 0.2) is 5.82 Å². The van der Waals surface area contributed by atoms with Gasteiger partial charge in [-0.15, -0.1) is 0 Å². The standard InChI is InChI=1S/C17H21N7O3/c1-11-15(12(2)26-21-11)16-20-14(22-27-16)10-23-4-3-5-24(7-6-23)17(25)13-8-18-19-9-13/h8-9H,3-7,10H2,1-2H3,(H,18,19). The highest BCUT2D eigenvalue weighted by Gasteiger charge is 2.23. The molecule has 0 aliphatic carbocycles. The maximum atomic E-state index is 12.5. The van der Waals surface area contributed by atoms with Crippen molar-refractivity contribution >= 4 is 5.91 Å². The van der Waals surface area contributed by atoms with Gasteiger partial charge in [-0.05, 0) is 20.3 Å². The maximum Gasteiger partial charge on any atom is 0.263 e. The van der Waals surface area contributed by atoms with Gasteiger partial charge in [0.1, 0.15) is 11.3 Å². The molecule has 1 N–H and O–H groups in total. The van der Waals surface area contributed by atoms with E-state index in [1.54, 1.807) is 12.4 Å². The number of nitrogens with zero attached hydrogens (tertiary/aromatic N) is 6. The van der Waals surface area contributed by atoms with Crippen LogP contribution in [-0.2, 0) is 6.54 Å². The summed E-state index contributed by atoms with van der Waals surface area (Å²) in [6.45, 7) is 7.22. The van der Waals surface area contributed by atoms with Gasteiger partial charge in [0.05, 0.1) is 24.0 Å². The van der Waals surface area contributed by atoms with Crippen molar-refractivity contribution in [3.63, 3.8) is 0 Å². The van der Waals surface area contributed by atoms with E-state index in [1.807, 2.05) is 18.7 Å². The Morgan fingerprint density at radius 3 is 2.81 bits per heavy atom. The van der Waals surface area contributed by atoms with Crippen molar-refractivity contribution < 1.29 is 13.8 Å². The number of aromatic nitrogens is 5. The quantitative estimate of drug-likeness (QED) is 0.731. The van der Waals surface area contributed by atoms with Crippen LogP contribution in [0.1, 0.15) is 34.1 Å². The predicted molar refractivity (Wildman–Crippen MR) is 93.7 cm³/mol. The smallest absolute Gasteiger partial charge is 0.263 e. The van der Waals surface area contributed by atoms with Crippen LogP contribution in [0.15, 0.2) is 21.4 Å². The Hall–Kier alpha value is -3.01. The molecule has 142 valence electrons. The molecule has 3 aromatic rings. The molecule has 0 spiro atoms. The number of hydrogen-bond donors (Lipinski definition) is 1. The van der Waals surface area contributed by atoms with Crippen LogP contribution in [0.3, 0.4) is 0 Å². The number of rotatable bonds is 4. The first-order chi connectivity index (χ1) is 13.1. The van der Waals surface area contributed by atoms with E-state index in [0.29, 0.717) is 36.1 Å². The Labute approximate surface area is 155 Å². The minimum atomic E-state index is 0.00542. The van der Waals surface area contributed by atoms with Crippen LogP contribution in [-0.4, -0.2) is 67.4 Å². The Bertz CT molecular complexity index is 896. The summed E-state index contributed by atoms with van der Waals surface area (Å²) in [4.78, 5) is 21.0. The lowest BCUT2D eigenvalue weighted by molar-refractivity contribution is 0.0761. The molecule has 0 radical (unpaired) electrons. The Morgan fingerprint density at radius 1 is 1.19 bits per heavy atom. The lowest BCUT2D eigenvalue weighted by Crippen LogP contribution is -2.35. The third kappa shape index (κ3) is 3.61. The van der Waals surface area contributed by atoms with Crippen molar-refractivity contribution in [1.29, 1.82) is 0 Å². The highest BCUT2D eigenvalue weighted by atomic mass is 16.5. The minimum absolute atomic E-state index is 0.00542. The van der Waals surface area contributed by atoms with Gasteiger partial charge in [0, 0.05) is 32.4 Å². The van der Waals surface area contributed by atoms with Crippen LogP contribution in [0.4, 0.5) is 0 Å². The number of amides is 1. The topological polar surface area (TPSA) is 117 Å². The highest BCUT2D eigenvalue weighted by Crippen LogP contribution is 2.25. The zero-order chi connectivity index (χ0) is 18.8. The zero-order valence-corrected chi connectivity index (χ0v) is 15.3. The molecule has 0 saturated carbocycles. The molecule has 10 nitrogen and oxygen atoms in total. The second kappa shape index (κ2) is 7.31. The SMILES string of the molecule is Cc1noc(C)c1-c1nc(CN2CCCN(C(=O)c3cn[nH]c3)CC2)no1. The van der Waals surface area contributed by atoms with Crippen LogP contribution in [0, 0.1) is 13.8 Å². The van der Waals surface area contributed by atoms with E-state index in [1.165, 1.54) is 0 Å². The molecule has 1 aliphatic rings. The van der Waals surface area contributed by atoms with Crippen molar-refractivity contribution in [1.82, 2.24) is 35.3 Å². The summed E-state index contributed by atoms with van der Waals surface area (Å²) in [5, 5.41) is 14.5. The van der Waals surface area contributed by atoms with Gasteiger partial charge in [0.2, 0.25) is 0 Å². The van der Waals surface area contributed by atoms with Gasteiger partial charge in [-0.2, -0.15) is 10.1 Å². The summed E-state index contributed by atoms with van der Waals surface area (Å²) in [7, 11) is 0. The molecule has 3 aromatic heterocycles. The van der Waals surface area contributed by atoms with Crippen molar-refractivity contribution in [2.75, 3.05) is 26.2 Å². The van der Waals surface area contributed by atoms with E-state index in [2.05, 4.69) is 30.4 Å². The number of nitrogens with one attached hydrogen (secondary N) is 1. The molecule has 27 heavy (non-hydrogen) atoms. The molecule has 4 rings (SSSR count). The molecule has 1 fully saturated rings. The van der Waals surface area contributed by atoms with Crippen LogP contribution < -0.4 is 0 Å². The fourth-order valence-corrected chi connectivity index (χ4v) is 3.29. The van der Waals surface area contributed by atoms with Gasteiger partial charge in [-0.1, -0.05) is 10.3 Å². The Balaban J connectivity index is 1.39. The number of carbonyl (C=O) groups excluding carboxylic acids is 1. The second-order valence-electron chi connectivity index (χ2n) is 6.62. The lowest BCUT2D eigenvalue weighted by atomic mass is 10.2. The van der Waals surface area contributed by atoms with E-state index in [4.69, 9.17) is 9.05 Å². The normalized spacial score (nSPS) is 15.9. The van der Waals surface area contributed by atoms with Gasteiger partial charge >= 0.3 is 0 Å². The molecular formula is C17H21N7O3. The van der Waals surface area contributed by atoms with Crippen LogP contribution in [0.2, 0.25) is 0 Å². The number of hydrogen-bond acceptors (Lipinski definition) is 8. The lowest BCUT2D eigenvalue weighted by Gasteiger charge is -2.20. The summed E-state index contributed by atoms with van der Waals surface area (Å²) in [6, 6.07) is 0. The number of carbonyl (C=O) groups is 1. The molecule has 4 heterocycles. The predicted octanol–water partition coefficient (Wildman–Crippen LogP) is 1.41. The van der Waals surface area contributed by atoms with Crippen molar-refractivity contribution in [3.8, 4) is 11.5 Å². The molecule has 1 saturated heterocycles. The molecule has 0 atom stereocenters. The summed E-state index contributed by atoms with van der Waals surface area (Å²) in [5.41, 5.74) is 2.07. The van der Waals surface area contributed by atoms with E-state index >= 15 is 0 Å². The molecule has 10 heteroatoms. The largest absolute Gasteiger partial charge is 0.361 e. The van der Waals surface area contributed by atoms with E-state index in [0.717, 1.165) is 37.3 Å². The highest BCUT2D eigenvalue weighted by molar-refractivity contribution is 5.93. The first kappa shape index (κ1) is 17.4. The Morgan fingerprint density at radius 2 is 2.07 bits per heavy atom. The second-order valence-corrected chi connectivity index (χ2v) is 6.62. The van der Waals surface area contributed by atoms with Crippen LogP contribution in [0.25, 0.3) is 11.5 Å². The van der Waals surface area contributed by atoms with Crippen LogP contribution in [0.5, 0.6) is 0 Å². The zero-order valence-electron chi connectivity index (χ0n) is 15.3. The third-order valence-electron chi connectivity index (χ3n) is 4.70. The maximum absolute atomic E-state index is 12.5. The Kier molecular flexibility index (Phi) is 4.71. The van der Waals surface area contributed by atoms with Crippen molar-refractivity contribution in [3.05, 3.63) is 35.2 Å². The first-order valence-corrected chi connectivity index (χ1v) is 8.88. The fourth-order valence-electron chi connectivity index (χ4n) is 3.29.